The Balaban J connectivity index is 2.55. The number of carbonyl (C=O) groups excluding carboxylic acids is 3. The van der Waals surface area contributed by atoms with Gasteiger partial charge in [-0.25, -0.2) is 0 Å². The van der Waals surface area contributed by atoms with Crippen LogP contribution in [0.15, 0.2) is 60.7 Å². The monoisotopic (exact) mass is 252 g/mol. The molecule has 0 saturated heterocycles. The van der Waals surface area contributed by atoms with Gasteiger partial charge in [0.25, 0.3) is 0 Å². The highest BCUT2D eigenvalue weighted by atomic mass is 16.2. The zero-order chi connectivity index (χ0) is 13.7. The van der Waals surface area contributed by atoms with Crippen molar-refractivity contribution in [1.82, 2.24) is 0 Å². The van der Waals surface area contributed by atoms with Crippen LogP contribution in [0.4, 0.5) is 0 Å². The van der Waals surface area contributed by atoms with Crippen molar-refractivity contribution < 1.29 is 14.4 Å². The Kier molecular flexibility index (Phi) is 3.66. The van der Waals surface area contributed by atoms with Gasteiger partial charge >= 0.3 is 0 Å². The Morgan fingerprint density at radius 1 is 0.789 bits per heavy atom. The van der Waals surface area contributed by atoms with Crippen LogP contribution in [-0.2, 0) is 15.0 Å². The van der Waals surface area contributed by atoms with E-state index in [0.29, 0.717) is 23.7 Å². The highest BCUT2D eigenvalue weighted by molar-refractivity contribution is 6.24. The van der Waals surface area contributed by atoms with Gasteiger partial charge in [-0.1, -0.05) is 60.7 Å². The molecule has 19 heavy (non-hydrogen) atoms. The number of benzene rings is 2. The Bertz CT molecular complexity index is 580. The van der Waals surface area contributed by atoms with Crippen molar-refractivity contribution in [2.24, 2.45) is 0 Å². The maximum atomic E-state index is 12.5. The largest absolute Gasteiger partial charge is 0.301 e. The highest BCUT2D eigenvalue weighted by Crippen LogP contribution is 2.24. The van der Waals surface area contributed by atoms with Crippen molar-refractivity contribution in [1.29, 1.82) is 0 Å². The third-order valence-corrected chi connectivity index (χ3v) is 3.03. The molecule has 0 radical (unpaired) electrons. The standard InChI is InChI=1S/C16H12O3/c17-11-16(12-18,14-9-5-2-6-10-14)15(19)13-7-3-1-4-8-13/h1-12H. The molecule has 0 heterocycles. The van der Waals surface area contributed by atoms with Gasteiger partial charge < -0.3 is 9.59 Å². The van der Waals surface area contributed by atoms with Crippen LogP contribution in [0.25, 0.3) is 0 Å². The molecule has 0 aromatic heterocycles. The molecule has 0 bridgehead atoms. The van der Waals surface area contributed by atoms with Crippen LogP contribution in [0.1, 0.15) is 15.9 Å². The van der Waals surface area contributed by atoms with Crippen LogP contribution in [0.3, 0.4) is 0 Å². The summed E-state index contributed by atoms with van der Waals surface area (Å²) in [5.41, 5.74) is -1.04. The van der Waals surface area contributed by atoms with Crippen LogP contribution in [0.5, 0.6) is 0 Å². The third kappa shape index (κ3) is 2.22. The molecule has 2 aromatic carbocycles. The number of Topliss-reactive ketones (excluding diaryl/α,β-unsaturated/α-hetero) is 1. The summed E-state index contributed by atoms with van der Waals surface area (Å²) in [6.45, 7) is 0. The first-order valence-electron chi connectivity index (χ1n) is 5.82. The summed E-state index contributed by atoms with van der Waals surface area (Å²) in [7, 11) is 0. The summed E-state index contributed by atoms with van der Waals surface area (Å²) in [4.78, 5) is 35.3. The SMILES string of the molecule is O=CC(C=O)(C(=O)c1ccccc1)c1ccccc1. The summed E-state index contributed by atoms with van der Waals surface area (Å²) in [6.07, 6.45) is 0.815. The van der Waals surface area contributed by atoms with E-state index in [4.69, 9.17) is 0 Å². The summed E-state index contributed by atoms with van der Waals surface area (Å²) < 4.78 is 0. The minimum absolute atomic E-state index is 0.338. The first-order chi connectivity index (χ1) is 9.24. The lowest BCUT2D eigenvalue weighted by atomic mass is 9.77. The van der Waals surface area contributed by atoms with Gasteiger partial charge in [-0.3, -0.25) is 4.79 Å². The number of hydrogen-bond donors (Lipinski definition) is 0. The second-order valence-corrected chi connectivity index (χ2v) is 4.17. The molecule has 0 aliphatic carbocycles. The van der Waals surface area contributed by atoms with Crippen molar-refractivity contribution in [2.75, 3.05) is 0 Å². The lowest BCUT2D eigenvalue weighted by molar-refractivity contribution is -0.119. The number of aldehydes is 2. The van der Waals surface area contributed by atoms with Crippen LogP contribution in [0, 0.1) is 0 Å². The minimum Gasteiger partial charge on any atom is -0.301 e. The average molecular weight is 252 g/mol. The van der Waals surface area contributed by atoms with E-state index in [9.17, 15) is 14.4 Å². The van der Waals surface area contributed by atoms with Gasteiger partial charge in [-0.15, -0.1) is 0 Å². The maximum Gasteiger partial charge on any atom is 0.187 e. The van der Waals surface area contributed by atoms with Crippen LogP contribution >= 0.6 is 0 Å². The Morgan fingerprint density at radius 2 is 1.26 bits per heavy atom. The summed E-state index contributed by atoms with van der Waals surface area (Å²) >= 11 is 0. The molecule has 3 nitrogen and oxygen atoms in total. The third-order valence-electron chi connectivity index (χ3n) is 3.03. The smallest absolute Gasteiger partial charge is 0.187 e. The number of ketones is 1. The van der Waals surface area contributed by atoms with E-state index in [-0.39, 0.29) is 0 Å². The fourth-order valence-electron chi connectivity index (χ4n) is 1.94. The van der Waals surface area contributed by atoms with Crippen LogP contribution < -0.4 is 0 Å². The zero-order valence-electron chi connectivity index (χ0n) is 10.2. The predicted molar refractivity (Wildman–Crippen MR) is 71.0 cm³/mol. The van der Waals surface area contributed by atoms with E-state index in [2.05, 4.69) is 0 Å². The maximum absolute atomic E-state index is 12.5. The number of hydrogen-bond acceptors (Lipinski definition) is 3. The van der Waals surface area contributed by atoms with Gasteiger partial charge in [0, 0.05) is 5.56 Å². The van der Waals surface area contributed by atoms with Gasteiger partial charge in [-0.05, 0) is 5.56 Å². The van der Waals surface area contributed by atoms with Gasteiger partial charge in [0.15, 0.2) is 11.2 Å². The van der Waals surface area contributed by atoms with E-state index in [1.807, 2.05) is 0 Å². The number of carbonyl (C=O) groups is 3. The average Bonchev–Trinajstić information content (AvgIpc) is 2.51. The molecule has 0 atom stereocenters. The summed E-state index contributed by atoms with van der Waals surface area (Å²) in [5.74, 6) is -0.510. The predicted octanol–water partition coefficient (Wildman–Crippen LogP) is 2.21. The minimum atomic E-state index is -1.76. The molecule has 0 saturated carbocycles. The molecular weight excluding hydrogens is 240 g/mol. The zero-order valence-corrected chi connectivity index (χ0v) is 10.2. The van der Waals surface area contributed by atoms with Gasteiger partial charge in [0.2, 0.25) is 0 Å². The second kappa shape index (κ2) is 5.40. The van der Waals surface area contributed by atoms with E-state index in [0.717, 1.165) is 0 Å². The second-order valence-electron chi connectivity index (χ2n) is 4.17. The normalized spacial score (nSPS) is 10.7. The highest BCUT2D eigenvalue weighted by Gasteiger charge is 2.40. The molecule has 0 aliphatic rings. The van der Waals surface area contributed by atoms with Gasteiger partial charge in [0.05, 0.1) is 0 Å². The molecule has 3 heteroatoms. The summed E-state index contributed by atoms with van der Waals surface area (Å²) in [5, 5.41) is 0. The molecule has 2 rings (SSSR count). The first-order valence-corrected chi connectivity index (χ1v) is 5.82. The Hall–Kier alpha value is -2.55. The first kappa shape index (κ1) is 12.9. The molecule has 0 amide bonds. The lowest BCUT2D eigenvalue weighted by Crippen LogP contribution is -2.39. The van der Waals surface area contributed by atoms with Crippen LogP contribution in [0.2, 0.25) is 0 Å². The molecule has 2 aromatic rings. The van der Waals surface area contributed by atoms with Crippen molar-refractivity contribution in [3.63, 3.8) is 0 Å². The van der Waals surface area contributed by atoms with E-state index in [1.54, 1.807) is 60.7 Å². The van der Waals surface area contributed by atoms with Crippen LogP contribution in [-0.4, -0.2) is 18.4 Å². The van der Waals surface area contributed by atoms with E-state index < -0.39 is 11.2 Å². The Labute approximate surface area is 110 Å². The van der Waals surface area contributed by atoms with Crippen molar-refractivity contribution in [2.45, 2.75) is 5.41 Å². The molecule has 94 valence electrons. The fraction of sp³-hybridized carbons (Fsp3) is 0.0625. The fourth-order valence-corrected chi connectivity index (χ4v) is 1.94. The Morgan fingerprint density at radius 3 is 1.74 bits per heavy atom. The van der Waals surface area contributed by atoms with Gasteiger partial charge in [-0.2, -0.15) is 0 Å². The molecule has 0 aliphatic heterocycles. The molecule has 0 unspecified atom stereocenters. The molecule has 0 fully saturated rings. The molecular formula is C16H12O3. The van der Waals surface area contributed by atoms with Crippen molar-refractivity contribution in [3.05, 3.63) is 71.8 Å². The lowest BCUT2D eigenvalue weighted by Gasteiger charge is -2.20. The molecule has 0 spiro atoms. The topological polar surface area (TPSA) is 51.2 Å². The van der Waals surface area contributed by atoms with E-state index in [1.165, 1.54) is 0 Å². The van der Waals surface area contributed by atoms with Crippen molar-refractivity contribution in [3.8, 4) is 0 Å². The van der Waals surface area contributed by atoms with Crippen molar-refractivity contribution >= 4 is 18.4 Å². The quantitative estimate of drug-likeness (QED) is 0.465. The number of rotatable bonds is 5. The van der Waals surface area contributed by atoms with E-state index >= 15 is 0 Å². The van der Waals surface area contributed by atoms with Gasteiger partial charge in [0.1, 0.15) is 12.6 Å². The molecule has 0 N–H and O–H groups in total. The summed E-state index contributed by atoms with van der Waals surface area (Å²) in [6, 6.07) is 16.7.